The highest BCUT2D eigenvalue weighted by Crippen LogP contribution is 2.30. The van der Waals surface area contributed by atoms with Crippen LogP contribution >= 0.6 is 0 Å². The summed E-state index contributed by atoms with van der Waals surface area (Å²) in [5.74, 6) is 0.430. The molecule has 0 bridgehead atoms. The molecule has 1 aliphatic rings. The molecular formula is C14H12N2O2. The monoisotopic (exact) mass is 240 g/mol. The molecule has 2 aromatic rings. The van der Waals surface area contributed by atoms with E-state index in [1.54, 1.807) is 24.3 Å². The first-order valence-corrected chi connectivity index (χ1v) is 5.66. The number of hydrogen-bond donors (Lipinski definition) is 2. The summed E-state index contributed by atoms with van der Waals surface area (Å²) < 4.78 is 5.76. The van der Waals surface area contributed by atoms with E-state index in [0.29, 0.717) is 17.0 Å². The van der Waals surface area contributed by atoms with Crippen LogP contribution in [0.15, 0.2) is 48.5 Å². The van der Waals surface area contributed by atoms with Crippen LogP contribution in [0, 0.1) is 0 Å². The number of nitrogens with one attached hydrogen (secondary N) is 1. The molecule has 4 nitrogen and oxygen atoms in total. The fraction of sp³-hybridized carbons (Fsp3) is 0.0714. The second kappa shape index (κ2) is 4.07. The van der Waals surface area contributed by atoms with Crippen LogP contribution in [-0.4, -0.2) is 5.91 Å². The van der Waals surface area contributed by atoms with Crippen molar-refractivity contribution in [3.05, 3.63) is 59.7 Å². The maximum Gasteiger partial charge on any atom is 0.258 e. The van der Waals surface area contributed by atoms with Gasteiger partial charge in [-0.3, -0.25) is 4.79 Å². The van der Waals surface area contributed by atoms with Gasteiger partial charge in [0.1, 0.15) is 5.75 Å². The molecule has 1 aliphatic heterocycles. The molecule has 0 spiro atoms. The van der Waals surface area contributed by atoms with Gasteiger partial charge < -0.3 is 15.8 Å². The minimum absolute atomic E-state index is 0.148. The second-order valence-electron chi connectivity index (χ2n) is 4.10. The number of amides is 1. The molecule has 0 saturated carbocycles. The highest BCUT2D eigenvalue weighted by atomic mass is 16.5. The maximum absolute atomic E-state index is 11.9. The van der Waals surface area contributed by atoms with E-state index < -0.39 is 6.23 Å². The lowest BCUT2D eigenvalue weighted by atomic mass is 10.1. The molecule has 1 heterocycles. The molecule has 0 saturated heterocycles. The molecule has 0 radical (unpaired) electrons. The first kappa shape index (κ1) is 10.7. The molecule has 90 valence electrons. The van der Waals surface area contributed by atoms with Crippen molar-refractivity contribution in [3.63, 3.8) is 0 Å². The molecule has 4 heteroatoms. The molecule has 2 aromatic carbocycles. The van der Waals surface area contributed by atoms with Gasteiger partial charge in [-0.1, -0.05) is 30.3 Å². The Labute approximate surface area is 104 Å². The molecule has 0 fully saturated rings. The number of benzene rings is 2. The number of anilines is 1. The second-order valence-corrected chi connectivity index (χ2v) is 4.10. The van der Waals surface area contributed by atoms with Crippen LogP contribution in [0.25, 0.3) is 0 Å². The minimum Gasteiger partial charge on any atom is -0.465 e. The van der Waals surface area contributed by atoms with E-state index in [0.717, 1.165) is 5.56 Å². The number of ether oxygens (including phenoxy) is 1. The molecule has 1 amide bonds. The van der Waals surface area contributed by atoms with E-state index in [9.17, 15) is 4.79 Å². The Balaban J connectivity index is 2.00. The van der Waals surface area contributed by atoms with Crippen LogP contribution in [-0.2, 0) is 0 Å². The summed E-state index contributed by atoms with van der Waals surface area (Å²) in [5, 5.41) is 2.79. The smallest absolute Gasteiger partial charge is 0.258 e. The van der Waals surface area contributed by atoms with Gasteiger partial charge in [0.2, 0.25) is 6.23 Å². The lowest BCUT2D eigenvalue weighted by Gasteiger charge is -2.27. The Morgan fingerprint density at radius 3 is 2.61 bits per heavy atom. The molecule has 1 unspecified atom stereocenters. The highest BCUT2D eigenvalue weighted by molar-refractivity contribution is 5.98. The van der Waals surface area contributed by atoms with Crippen LogP contribution in [0.5, 0.6) is 5.75 Å². The standard InChI is InChI=1S/C14H12N2O2/c15-11-7-3-1-5-9(11)14-16-13(17)10-6-2-4-8-12(10)18-14/h1-8,14H,15H2,(H,16,17). The fourth-order valence-electron chi connectivity index (χ4n) is 2.00. The molecule has 3 N–H and O–H groups in total. The van der Waals surface area contributed by atoms with Gasteiger partial charge in [0.15, 0.2) is 0 Å². The third-order valence-electron chi connectivity index (χ3n) is 2.92. The zero-order valence-electron chi connectivity index (χ0n) is 9.59. The third-order valence-corrected chi connectivity index (χ3v) is 2.92. The summed E-state index contributed by atoms with van der Waals surface area (Å²) in [6.45, 7) is 0. The Kier molecular flexibility index (Phi) is 2.41. The van der Waals surface area contributed by atoms with Crippen LogP contribution < -0.4 is 15.8 Å². The number of hydrogen-bond acceptors (Lipinski definition) is 3. The van der Waals surface area contributed by atoms with E-state index in [4.69, 9.17) is 10.5 Å². The minimum atomic E-state index is -0.534. The SMILES string of the molecule is Nc1ccccc1C1NC(=O)c2ccccc2O1. The van der Waals surface area contributed by atoms with Crippen molar-refractivity contribution in [2.24, 2.45) is 0 Å². The van der Waals surface area contributed by atoms with Crippen molar-refractivity contribution < 1.29 is 9.53 Å². The van der Waals surface area contributed by atoms with E-state index in [1.807, 2.05) is 24.3 Å². The maximum atomic E-state index is 11.9. The van der Waals surface area contributed by atoms with Crippen molar-refractivity contribution >= 4 is 11.6 Å². The van der Waals surface area contributed by atoms with Gasteiger partial charge in [-0.25, -0.2) is 0 Å². The van der Waals surface area contributed by atoms with Crippen molar-refractivity contribution in [1.29, 1.82) is 0 Å². The number of nitrogens with two attached hydrogens (primary N) is 1. The van der Waals surface area contributed by atoms with Gasteiger partial charge in [-0.2, -0.15) is 0 Å². The van der Waals surface area contributed by atoms with Crippen molar-refractivity contribution in [2.75, 3.05) is 5.73 Å². The van der Waals surface area contributed by atoms with Crippen LogP contribution in [0.4, 0.5) is 5.69 Å². The zero-order valence-corrected chi connectivity index (χ0v) is 9.59. The Bertz CT molecular complexity index is 610. The average Bonchev–Trinajstić information content (AvgIpc) is 2.39. The quantitative estimate of drug-likeness (QED) is 0.750. The fourth-order valence-corrected chi connectivity index (χ4v) is 2.00. The topological polar surface area (TPSA) is 64.3 Å². The number of rotatable bonds is 1. The van der Waals surface area contributed by atoms with Crippen molar-refractivity contribution in [3.8, 4) is 5.75 Å². The number of para-hydroxylation sites is 2. The third kappa shape index (κ3) is 1.68. The van der Waals surface area contributed by atoms with Crippen molar-refractivity contribution in [2.45, 2.75) is 6.23 Å². The van der Waals surface area contributed by atoms with E-state index in [-0.39, 0.29) is 5.91 Å². The number of carbonyl (C=O) groups is 1. The molecular weight excluding hydrogens is 228 g/mol. The highest BCUT2D eigenvalue weighted by Gasteiger charge is 2.27. The molecule has 1 atom stereocenters. The largest absolute Gasteiger partial charge is 0.465 e. The summed E-state index contributed by atoms with van der Waals surface area (Å²) in [4.78, 5) is 11.9. The van der Waals surface area contributed by atoms with E-state index in [1.165, 1.54) is 0 Å². The van der Waals surface area contributed by atoms with Crippen LogP contribution in [0.2, 0.25) is 0 Å². The van der Waals surface area contributed by atoms with Crippen LogP contribution in [0.1, 0.15) is 22.1 Å². The summed E-state index contributed by atoms with van der Waals surface area (Å²) in [6, 6.07) is 14.5. The lowest BCUT2D eigenvalue weighted by molar-refractivity contribution is 0.0757. The van der Waals surface area contributed by atoms with Gasteiger partial charge in [0.25, 0.3) is 5.91 Å². The first-order chi connectivity index (χ1) is 8.75. The predicted molar refractivity (Wildman–Crippen MR) is 68.1 cm³/mol. The number of carbonyl (C=O) groups excluding carboxylic acids is 1. The van der Waals surface area contributed by atoms with E-state index >= 15 is 0 Å². The Morgan fingerprint density at radius 1 is 1.06 bits per heavy atom. The molecule has 3 rings (SSSR count). The molecule has 0 aromatic heterocycles. The van der Waals surface area contributed by atoms with E-state index in [2.05, 4.69) is 5.32 Å². The van der Waals surface area contributed by atoms with Gasteiger partial charge in [0.05, 0.1) is 5.56 Å². The van der Waals surface area contributed by atoms with Gasteiger partial charge in [0, 0.05) is 11.3 Å². The summed E-state index contributed by atoms with van der Waals surface area (Å²) in [7, 11) is 0. The van der Waals surface area contributed by atoms with Crippen LogP contribution in [0.3, 0.4) is 0 Å². The molecule has 0 aliphatic carbocycles. The predicted octanol–water partition coefficient (Wildman–Crippen LogP) is 2.09. The number of nitrogen functional groups attached to an aromatic ring is 1. The lowest BCUT2D eigenvalue weighted by Crippen LogP contribution is -2.37. The Morgan fingerprint density at radius 2 is 1.78 bits per heavy atom. The summed E-state index contributed by atoms with van der Waals surface area (Å²) >= 11 is 0. The normalized spacial score (nSPS) is 17.6. The van der Waals surface area contributed by atoms with Gasteiger partial charge >= 0.3 is 0 Å². The number of fused-ring (bicyclic) bond motifs is 1. The Hall–Kier alpha value is -2.49. The van der Waals surface area contributed by atoms with Gasteiger partial charge in [-0.05, 0) is 18.2 Å². The average molecular weight is 240 g/mol. The summed E-state index contributed by atoms with van der Waals surface area (Å²) in [6.07, 6.45) is -0.534. The summed E-state index contributed by atoms with van der Waals surface area (Å²) in [5.41, 5.74) is 7.79. The zero-order chi connectivity index (χ0) is 12.5. The first-order valence-electron chi connectivity index (χ1n) is 5.66. The molecule has 18 heavy (non-hydrogen) atoms. The van der Waals surface area contributed by atoms with Gasteiger partial charge in [-0.15, -0.1) is 0 Å². The van der Waals surface area contributed by atoms with Crippen molar-refractivity contribution in [1.82, 2.24) is 5.32 Å².